The van der Waals surface area contributed by atoms with Gasteiger partial charge in [0, 0.05) is 19.2 Å². The Bertz CT molecular complexity index is 1220. The SMILES string of the molecule is Cc1cc(CCc2noc(-c3cccnc3OCC3CCCC3)n2)ccc1OCCCNC(=O)CC(=O)O. The summed E-state index contributed by atoms with van der Waals surface area (Å²) in [4.78, 5) is 30.8. The Balaban J connectivity index is 1.24. The Morgan fingerprint density at radius 1 is 1.16 bits per heavy atom. The van der Waals surface area contributed by atoms with E-state index in [4.69, 9.17) is 19.1 Å². The molecule has 1 aliphatic rings. The highest BCUT2D eigenvalue weighted by molar-refractivity contribution is 5.93. The number of hydrogen-bond donors (Lipinski definition) is 2. The van der Waals surface area contributed by atoms with Crippen molar-refractivity contribution in [3.8, 4) is 23.1 Å². The Morgan fingerprint density at radius 2 is 2.00 bits per heavy atom. The van der Waals surface area contributed by atoms with Crippen LogP contribution >= 0.6 is 0 Å². The molecule has 0 atom stereocenters. The highest BCUT2D eigenvalue weighted by atomic mass is 16.5. The van der Waals surface area contributed by atoms with Crippen molar-refractivity contribution in [1.29, 1.82) is 0 Å². The zero-order valence-electron chi connectivity index (χ0n) is 21.6. The molecule has 38 heavy (non-hydrogen) atoms. The minimum atomic E-state index is -1.14. The summed E-state index contributed by atoms with van der Waals surface area (Å²) in [5.41, 5.74) is 2.85. The first-order valence-electron chi connectivity index (χ1n) is 13.1. The molecule has 1 aromatic carbocycles. The van der Waals surface area contributed by atoms with Crippen LogP contribution in [0.1, 0.15) is 55.5 Å². The second-order valence-electron chi connectivity index (χ2n) is 9.56. The van der Waals surface area contributed by atoms with Gasteiger partial charge in [-0.05, 0) is 67.9 Å². The molecule has 0 unspecified atom stereocenters. The van der Waals surface area contributed by atoms with E-state index < -0.39 is 18.3 Å². The number of aliphatic carboxylic acids is 1. The molecule has 2 heterocycles. The Morgan fingerprint density at radius 3 is 2.79 bits per heavy atom. The van der Waals surface area contributed by atoms with E-state index in [0.29, 0.717) is 61.7 Å². The molecule has 0 bridgehead atoms. The van der Waals surface area contributed by atoms with E-state index in [1.54, 1.807) is 6.20 Å². The van der Waals surface area contributed by atoms with Gasteiger partial charge in [-0.25, -0.2) is 4.98 Å². The van der Waals surface area contributed by atoms with Gasteiger partial charge in [0.05, 0.1) is 13.2 Å². The van der Waals surface area contributed by atoms with Crippen molar-refractivity contribution in [1.82, 2.24) is 20.4 Å². The third-order valence-electron chi connectivity index (χ3n) is 6.49. The largest absolute Gasteiger partial charge is 0.493 e. The molecule has 10 nitrogen and oxygen atoms in total. The van der Waals surface area contributed by atoms with Crippen LogP contribution in [0.15, 0.2) is 41.1 Å². The van der Waals surface area contributed by atoms with Crippen LogP contribution in [0.3, 0.4) is 0 Å². The standard InChI is InChI=1S/C28H34N4O6/c1-19-16-20(9-11-23(19)36-15-5-14-29-25(33)17-26(34)35)10-12-24-31-28(38-32-24)22-8-4-13-30-27(22)37-18-21-6-2-3-7-21/h4,8-9,11,13,16,21H,2-3,5-7,10,12,14-15,17-18H2,1H3,(H,29,33)(H,34,35). The van der Waals surface area contributed by atoms with Gasteiger partial charge in [0.2, 0.25) is 11.8 Å². The monoisotopic (exact) mass is 522 g/mol. The van der Waals surface area contributed by atoms with Crippen LogP contribution in [0.25, 0.3) is 11.5 Å². The highest BCUT2D eigenvalue weighted by Gasteiger charge is 2.19. The topological polar surface area (TPSA) is 137 Å². The fourth-order valence-corrected chi connectivity index (χ4v) is 4.47. The summed E-state index contributed by atoms with van der Waals surface area (Å²) < 4.78 is 17.4. The maximum absolute atomic E-state index is 11.3. The summed E-state index contributed by atoms with van der Waals surface area (Å²) in [5, 5.41) is 15.3. The molecule has 2 N–H and O–H groups in total. The first-order chi connectivity index (χ1) is 18.5. The average Bonchev–Trinajstić information content (AvgIpc) is 3.59. The van der Waals surface area contributed by atoms with Gasteiger partial charge < -0.3 is 24.4 Å². The maximum Gasteiger partial charge on any atom is 0.312 e. The van der Waals surface area contributed by atoms with Gasteiger partial charge in [-0.1, -0.05) is 30.1 Å². The number of carbonyl (C=O) groups is 2. The van der Waals surface area contributed by atoms with Crippen molar-refractivity contribution in [3.05, 3.63) is 53.5 Å². The van der Waals surface area contributed by atoms with E-state index >= 15 is 0 Å². The molecule has 2 aromatic heterocycles. The quantitative estimate of drug-likeness (QED) is 0.236. The van der Waals surface area contributed by atoms with Crippen molar-refractivity contribution < 1.29 is 28.7 Å². The van der Waals surface area contributed by atoms with Crippen LogP contribution in [0.2, 0.25) is 0 Å². The fourth-order valence-electron chi connectivity index (χ4n) is 4.47. The number of hydrogen-bond acceptors (Lipinski definition) is 8. The Hall–Kier alpha value is -3.95. The van der Waals surface area contributed by atoms with E-state index in [9.17, 15) is 9.59 Å². The third-order valence-corrected chi connectivity index (χ3v) is 6.49. The smallest absolute Gasteiger partial charge is 0.312 e. The van der Waals surface area contributed by atoms with Gasteiger partial charge in [0.1, 0.15) is 17.7 Å². The molecule has 202 valence electrons. The number of rotatable bonds is 14. The van der Waals surface area contributed by atoms with Crippen LogP contribution in [0.4, 0.5) is 0 Å². The van der Waals surface area contributed by atoms with E-state index in [1.807, 2.05) is 31.2 Å². The lowest BCUT2D eigenvalue weighted by atomic mass is 10.1. The summed E-state index contributed by atoms with van der Waals surface area (Å²) >= 11 is 0. The molecule has 3 aromatic rings. The molecule has 10 heteroatoms. The number of aryl methyl sites for hydroxylation is 3. The Kier molecular flexibility index (Phi) is 9.66. The predicted octanol–water partition coefficient (Wildman–Crippen LogP) is 4.15. The predicted molar refractivity (Wildman–Crippen MR) is 139 cm³/mol. The highest BCUT2D eigenvalue weighted by Crippen LogP contribution is 2.30. The first kappa shape index (κ1) is 27.1. The lowest BCUT2D eigenvalue weighted by Gasteiger charge is -2.11. The van der Waals surface area contributed by atoms with Crippen molar-refractivity contribution in [2.45, 2.75) is 58.3 Å². The number of nitrogens with one attached hydrogen (secondary N) is 1. The number of carbonyl (C=O) groups excluding carboxylic acids is 1. The van der Waals surface area contributed by atoms with E-state index in [-0.39, 0.29) is 0 Å². The second-order valence-corrected chi connectivity index (χ2v) is 9.56. The molecule has 1 amide bonds. The molecule has 0 spiro atoms. The number of ether oxygens (including phenoxy) is 2. The summed E-state index contributed by atoms with van der Waals surface area (Å²) in [6.45, 7) is 3.42. The van der Waals surface area contributed by atoms with Gasteiger partial charge in [-0.2, -0.15) is 4.98 Å². The average molecular weight is 523 g/mol. The van der Waals surface area contributed by atoms with Crippen LogP contribution in [-0.2, 0) is 22.4 Å². The van der Waals surface area contributed by atoms with Crippen LogP contribution in [-0.4, -0.2) is 51.9 Å². The molecule has 1 saturated carbocycles. The van der Waals surface area contributed by atoms with Crippen LogP contribution < -0.4 is 14.8 Å². The molecule has 1 fully saturated rings. The Labute approximate surface area is 221 Å². The fraction of sp³-hybridized carbons (Fsp3) is 0.464. The normalized spacial score (nSPS) is 13.4. The van der Waals surface area contributed by atoms with Crippen molar-refractivity contribution in [3.63, 3.8) is 0 Å². The van der Waals surface area contributed by atoms with Crippen molar-refractivity contribution in [2.75, 3.05) is 19.8 Å². The van der Waals surface area contributed by atoms with Gasteiger partial charge in [-0.3, -0.25) is 9.59 Å². The first-order valence-corrected chi connectivity index (χ1v) is 13.1. The third kappa shape index (κ3) is 8.03. The van der Waals surface area contributed by atoms with Crippen LogP contribution in [0, 0.1) is 12.8 Å². The van der Waals surface area contributed by atoms with E-state index in [2.05, 4.69) is 26.5 Å². The summed E-state index contributed by atoms with van der Waals surface area (Å²) in [7, 11) is 0. The molecular formula is C28H34N4O6. The lowest BCUT2D eigenvalue weighted by Crippen LogP contribution is -2.27. The van der Waals surface area contributed by atoms with Gasteiger partial charge >= 0.3 is 5.97 Å². The molecule has 0 radical (unpaired) electrons. The minimum Gasteiger partial charge on any atom is -0.493 e. The van der Waals surface area contributed by atoms with Gasteiger partial charge in [-0.15, -0.1) is 0 Å². The number of carboxylic acid groups (broad SMARTS) is 1. The molecule has 4 rings (SSSR count). The van der Waals surface area contributed by atoms with Crippen molar-refractivity contribution in [2.24, 2.45) is 5.92 Å². The zero-order chi connectivity index (χ0) is 26.7. The second kappa shape index (κ2) is 13.6. The van der Waals surface area contributed by atoms with E-state index in [1.165, 1.54) is 25.7 Å². The molecule has 0 aliphatic heterocycles. The molecule has 1 aliphatic carbocycles. The molecule has 0 saturated heterocycles. The number of nitrogens with zero attached hydrogens (tertiary/aromatic N) is 3. The summed E-state index contributed by atoms with van der Waals surface area (Å²) in [5.74, 6) is 1.28. The van der Waals surface area contributed by atoms with Crippen molar-refractivity contribution >= 4 is 11.9 Å². The van der Waals surface area contributed by atoms with Crippen LogP contribution in [0.5, 0.6) is 11.6 Å². The zero-order valence-corrected chi connectivity index (χ0v) is 21.6. The van der Waals surface area contributed by atoms with Gasteiger partial charge in [0.15, 0.2) is 5.82 Å². The number of pyridine rings is 1. The number of aromatic nitrogens is 3. The summed E-state index contributed by atoms with van der Waals surface area (Å²) in [6, 6.07) is 9.73. The number of amides is 1. The van der Waals surface area contributed by atoms with Gasteiger partial charge in [0.25, 0.3) is 5.89 Å². The molecular weight excluding hydrogens is 488 g/mol. The lowest BCUT2D eigenvalue weighted by molar-refractivity contribution is -0.140. The number of carboxylic acids is 1. The van der Waals surface area contributed by atoms with E-state index in [0.717, 1.165) is 23.3 Å². The maximum atomic E-state index is 11.3. The number of benzene rings is 1. The minimum absolute atomic E-state index is 0.364. The summed E-state index contributed by atoms with van der Waals surface area (Å²) in [6.07, 6.45) is 8.08.